The van der Waals surface area contributed by atoms with Crippen molar-refractivity contribution >= 4 is 27.3 Å². The second-order valence-electron chi connectivity index (χ2n) is 6.05. The van der Waals surface area contributed by atoms with Crippen molar-refractivity contribution in [3.8, 4) is 0 Å². The summed E-state index contributed by atoms with van der Waals surface area (Å²) in [6.45, 7) is 3.65. The Labute approximate surface area is 127 Å². The molecule has 4 heteroatoms. The Morgan fingerprint density at radius 2 is 1.80 bits per heavy atom. The van der Waals surface area contributed by atoms with E-state index in [4.69, 9.17) is 14.5 Å². The maximum Gasteiger partial charge on any atom is 0.168 e. The quantitative estimate of drug-likeness (QED) is 0.714. The lowest BCUT2D eigenvalue weighted by Gasteiger charge is -2.42. The Morgan fingerprint density at radius 1 is 1.10 bits per heavy atom. The molecule has 0 N–H and O–H groups in total. The molecule has 106 valence electrons. The Morgan fingerprint density at radius 3 is 2.50 bits per heavy atom. The fraction of sp³-hybridized carbons (Fsp3) is 0.562. The average Bonchev–Trinajstić information content (AvgIpc) is 2.99. The Bertz CT molecular complexity index is 580. The maximum absolute atomic E-state index is 5.86. The highest BCUT2D eigenvalue weighted by Gasteiger charge is 2.50. The molecule has 2 aliphatic heterocycles. The van der Waals surface area contributed by atoms with Gasteiger partial charge in [-0.05, 0) is 43.5 Å². The fourth-order valence-corrected chi connectivity index (χ4v) is 4.31. The number of hydrogen-bond donors (Lipinski definition) is 0. The largest absolute Gasteiger partial charge is 0.348 e. The molecule has 1 saturated carbocycles. The van der Waals surface area contributed by atoms with Crippen molar-refractivity contribution in [3.05, 3.63) is 28.2 Å². The molecule has 4 rings (SSSR count). The highest BCUT2D eigenvalue weighted by atomic mass is 79.9. The van der Waals surface area contributed by atoms with Crippen LogP contribution in [-0.2, 0) is 14.9 Å². The number of benzene rings is 1. The molecule has 1 saturated heterocycles. The summed E-state index contributed by atoms with van der Waals surface area (Å²) < 4.78 is 12.9. The van der Waals surface area contributed by atoms with Gasteiger partial charge < -0.3 is 9.47 Å². The van der Waals surface area contributed by atoms with Crippen molar-refractivity contribution in [3.63, 3.8) is 0 Å². The minimum Gasteiger partial charge on any atom is -0.348 e. The van der Waals surface area contributed by atoms with E-state index in [0.29, 0.717) is 0 Å². The van der Waals surface area contributed by atoms with Gasteiger partial charge >= 0.3 is 0 Å². The minimum absolute atomic E-state index is 0.0969. The van der Waals surface area contributed by atoms with Crippen LogP contribution in [0.2, 0.25) is 0 Å². The molecule has 2 spiro atoms. The number of halogens is 1. The zero-order valence-electron chi connectivity index (χ0n) is 11.6. The molecule has 20 heavy (non-hydrogen) atoms. The van der Waals surface area contributed by atoms with Crippen molar-refractivity contribution in [2.45, 2.75) is 43.8 Å². The number of fused-ring (bicyclic) bond motifs is 2. The van der Waals surface area contributed by atoms with Gasteiger partial charge in [-0.25, -0.2) is 0 Å². The van der Waals surface area contributed by atoms with E-state index in [-0.39, 0.29) is 11.2 Å². The van der Waals surface area contributed by atoms with E-state index in [9.17, 15) is 0 Å². The van der Waals surface area contributed by atoms with E-state index in [2.05, 4.69) is 41.1 Å². The predicted molar refractivity (Wildman–Crippen MR) is 81.7 cm³/mol. The number of hydrogen-bond acceptors (Lipinski definition) is 3. The first-order valence-corrected chi connectivity index (χ1v) is 8.07. The van der Waals surface area contributed by atoms with Crippen molar-refractivity contribution < 1.29 is 9.47 Å². The summed E-state index contributed by atoms with van der Waals surface area (Å²) in [5.41, 5.74) is 3.85. The van der Waals surface area contributed by atoms with Gasteiger partial charge in [-0.15, -0.1) is 0 Å². The Balaban J connectivity index is 1.69. The smallest absolute Gasteiger partial charge is 0.168 e. The molecule has 0 unspecified atom stereocenters. The molecular formula is C16H18BrNO2. The van der Waals surface area contributed by atoms with Crippen LogP contribution in [0.15, 0.2) is 27.7 Å². The summed E-state index contributed by atoms with van der Waals surface area (Å²) in [4.78, 5) is 4.80. The molecule has 1 aromatic carbocycles. The lowest BCUT2D eigenvalue weighted by atomic mass is 9.66. The van der Waals surface area contributed by atoms with Crippen LogP contribution in [0.4, 0.5) is 5.69 Å². The van der Waals surface area contributed by atoms with Gasteiger partial charge in [0.15, 0.2) is 5.79 Å². The van der Waals surface area contributed by atoms with Gasteiger partial charge in [-0.1, -0.05) is 15.9 Å². The van der Waals surface area contributed by atoms with Gasteiger partial charge in [0.2, 0.25) is 0 Å². The first kappa shape index (κ1) is 13.0. The van der Waals surface area contributed by atoms with Crippen molar-refractivity contribution in [2.75, 3.05) is 13.2 Å². The second-order valence-corrected chi connectivity index (χ2v) is 6.96. The van der Waals surface area contributed by atoms with Crippen LogP contribution in [0.25, 0.3) is 0 Å². The number of aliphatic imine (C=N–C) groups is 1. The van der Waals surface area contributed by atoms with Gasteiger partial charge in [0.25, 0.3) is 0 Å². The van der Waals surface area contributed by atoms with E-state index in [1.807, 2.05) is 0 Å². The highest BCUT2D eigenvalue weighted by Crippen LogP contribution is 2.53. The van der Waals surface area contributed by atoms with Crippen molar-refractivity contribution in [2.24, 2.45) is 4.99 Å². The maximum atomic E-state index is 5.86. The van der Waals surface area contributed by atoms with Crippen LogP contribution < -0.4 is 0 Å². The monoisotopic (exact) mass is 335 g/mol. The topological polar surface area (TPSA) is 30.8 Å². The fourth-order valence-electron chi connectivity index (χ4n) is 3.95. The van der Waals surface area contributed by atoms with E-state index in [0.717, 1.165) is 49.1 Å². The molecule has 0 atom stereocenters. The van der Waals surface area contributed by atoms with Crippen LogP contribution in [0.3, 0.4) is 0 Å². The third kappa shape index (κ3) is 1.74. The highest BCUT2D eigenvalue weighted by molar-refractivity contribution is 9.10. The average molecular weight is 336 g/mol. The molecule has 0 aromatic heterocycles. The SMILES string of the molecule is CC1=Nc2ccc(Br)cc2C12CCC1(CC2)OCCO1. The normalized spacial score (nSPS) is 26.0. The molecule has 3 nitrogen and oxygen atoms in total. The summed E-state index contributed by atoms with van der Waals surface area (Å²) in [7, 11) is 0. The molecule has 3 aliphatic rings. The van der Waals surface area contributed by atoms with E-state index >= 15 is 0 Å². The predicted octanol–water partition coefficient (Wildman–Crippen LogP) is 4.11. The molecule has 1 aromatic rings. The van der Waals surface area contributed by atoms with Gasteiger partial charge in [0.1, 0.15) is 0 Å². The van der Waals surface area contributed by atoms with Crippen LogP contribution in [-0.4, -0.2) is 24.7 Å². The number of ether oxygens (including phenoxy) is 2. The summed E-state index contributed by atoms with van der Waals surface area (Å²) in [6, 6.07) is 6.43. The molecule has 2 heterocycles. The van der Waals surface area contributed by atoms with E-state index < -0.39 is 0 Å². The molecular weight excluding hydrogens is 318 g/mol. The van der Waals surface area contributed by atoms with Crippen LogP contribution in [0.5, 0.6) is 0 Å². The van der Waals surface area contributed by atoms with Gasteiger partial charge in [-0.3, -0.25) is 4.99 Å². The third-order valence-electron chi connectivity index (χ3n) is 5.13. The molecule has 1 aliphatic carbocycles. The van der Waals surface area contributed by atoms with Crippen molar-refractivity contribution in [1.82, 2.24) is 0 Å². The zero-order chi connectivity index (χ0) is 13.8. The minimum atomic E-state index is -0.305. The lowest BCUT2D eigenvalue weighted by molar-refractivity contribution is -0.181. The summed E-state index contributed by atoms with van der Waals surface area (Å²) in [5, 5.41) is 0. The Kier molecular flexibility index (Phi) is 2.85. The molecule has 0 bridgehead atoms. The second kappa shape index (κ2) is 4.39. The summed E-state index contributed by atoms with van der Waals surface area (Å²) in [5.74, 6) is -0.305. The number of rotatable bonds is 0. The number of nitrogens with zero attached hydrogens (tertiary/aromatic N) is 1. The standard InChI is InChI=1S/C16H18BrNO2/c1-11-15(13-10-12(17)2-3-14(13)18-11)4-6-16(7-5-15)19-8-9-20-16/h2-3,10H,4-9H2,1H3. The lowest BCUT2D eigenvalue weighted by Crippen LogP contribution is -2.44. The molecule has 0 amide bonds. The van der Waals surface area contributed by atoms with Crippen LogP contribution in [0, 0.1) is 0 Å². The first-order chi connectivity index (χ1) is 9.64. The van der Waals surface area contributed by atoms with Crippen LogP contribution >= 0.6 is 15.9 Å². The van der Waals surface area contributed by atoms with Gasteiger partial charge in [-0.2, -0.15) is 0 Å². The molecule has 2 fully saturated rings. The third-order valence-corrected chi connectivity index (χ3v) is 5.63. The van der Waals surface area contributed by atoms with Gasteiger partial charge in [0, 0.05) is 28.4 Å². The van der Waals surface area contributed by atoms with Crippen LogP contribution in [0.1, 0.15) is 38.2 Å². The summed E-state index contributed by atoms with van der Waals surface area (Å²) in [6.07, 6.45) is 4.05. The van der Waals surface area contributed by atoms with E-state index in [1.54, 1.807) is 0 Å². The zero-order valence-corrected chi connectivity index (χ0v) is 13.2. The Hall–Kier alpha value is -0.710. The van der Waals surface area contributed by atoms with Gasteiger partial charge in [0.05, 0.1) is 18.9 Å². The van der Waals surface area contributed by atoms with Crippen molar-refractivity contribution in [1.29, 1.82) is 0 Å². The van der Waals surface area contributed by atoms with E-state index in [1.165, 1.54) is 11.3 Å². The first-order valence-electron chi connectivity index (χ1n) is 7.27. The molecule has 0 radical (unpaired) electrons. The summed E-state index contributed by atoms with van der Waals surface area (Å²) >= 11 is 3.59.